The van der Waals surface area contributed by atoms with Crippen LogP contribution >= 0.6 is 0 Å². The zero-order chi connectivity index (χ0) is 17.1. The maximum absolute atomic E-state index is 12.3. The molecule has 9 nitrogen and oxygen atoms in total. The monoisotopic (exact) mass is 331 g/mol. The topological polar surface area (TPSA) is 87.4 Å². The summed E-state index contributed by atoms with van der Waals surface area (Å²) in [5, 5.41) is 8.36. The Morgan fingerprint density at radius 2 is 2.17 bits per heavy atom. The molecule has 0 aromatic carbocycles. The number of anilines is 2. The van der Waals surface area contributed by atoms with Crippen LogP contribution in [-0.2, 0) is 4.74 Å². The molecule has 1 fully saturated rings. The van der Waals surface area contributed by atoms with Crippen molar-refractivity contribution in [1.82, 2.24) is 19.5 Å². The van der Waals surface area contributed by atoms with Gasteiger partial charge in [-0.2, -0.15) is 10.1 Å². The van der Waals surface area contributed by atoms with Crippen molar-refractivity contribution in [1.29, 1.82) is 0 Å². The first-order chi connectivity index (χ1) is 11.6. The molecule has 1 aliphatic rings. The van der Waals surface area contributed by atoms with Crippen LogP contribution < -0.4 is 10.3 Å². The van der Waals surface area contributed by atoms with Crippen molar-refractivity contribution in [2.75, 3.05) is 50.7 Å². The van der Waals surface area contributed by atoms with Crippen LogP contribution in [0.25, 0.3) is 5.52 Å². The summed E-state index contributed by atoms with van der Waals surface area (Å²) in [5.74, 6) is 1.07. The number of fused-ring (bicyclic) bond motifs is 1. The Morgan fingerprint density at radius 3 is 2.83 bits per heavy atom. The smallest absolute Gasteiger partial charge is 0.263 e. The second-order valence-corrected chi connectivity index (χ2v) is 5.62. The van der Waals surface area contributed by atoms with E-state index in [4.69, 9.17) is 4.74 Å². The van der Waals surface area contributed by atoms with Crippen molar-refractivity contribution in [3.63, 3.8) is 0 Å². The van der Waals surface area contributed by atoms with E-state index in [-0.39, 0.29) is 5.91 Å². The van der Waals surface area contributed by atoms with Crippen molar-refractivity contribution in [3.8, 4) is 0 Å². The van der Waals surface area contributed by atoms with Crippen LogP contribution in [0.15, 0.2) is 17.4 Å². The van der Waals surface area contributed by atoms with Gasteiger partial charge in [0.2, 0.25) is 0 Å². The molecule has 1 N–H and O–H groups in total. The first kappa shape index (κ1) is 16.2. The van der Waals surface area contributed by atoms with Crippen molar-refractivity contribution in [2.24, 2.45) is 5.10 Å². The quantitative estimate of drug-likeness (QED) is 0.655. The van der Waals surface area contributed by atoms with E-state index in [9.17, 15) is 4.79 Å². The third kappa shape index (κ3) is 3.16. The van der Waals surface area contributed by atoms with Gasteiger partial charge in [0.25, 0.3) is 11.9 Å². The highest BCUT2D eigenvalue weighted by atomic mass is 16.5. The van der Waals surface area contributed by atoms with Gasteiger partial charge in [0, 0.05) is 39.6 Å². The predicted octanol–water partition coefficient (Wildman–Crippen LogP) is 0.685. The second-order valence-electron chi connectivity index (χ2n) is 5.62. The highest BCUT2D eigenvalue weighted by molar-refractivity contribution is 5.96. The molecule has 0 radical (unpaired) electrons. The minimum atomic E-state index is -0.0745. The Morgan fingerprint density at radius 1 is 1.42 bits per heavy atom. The SMILES string of the molecule is C/C=N/Nc1nc(N2CCOCC2)c2cc(C(=O)N(C)C)cn2n1. The lowest BCUT2D eigenvalue weighted by Crippen LogP contribution is -2.37. The minimum absolute atomic E-state index is 0.0745. The maximum Gasteiger partial charge on any atom is 0.263 e. The number of nitrogens with one attached hydrogen (secondary N) is 1. The fraction of sp³-hybridized carbons (Fsp3) is 0.467. The second kappa shape index (κ2) is 6.83. The zero-order valence-electron chi connectivity index (χ0n) is 14.1. The molecule has 1 aliphatic heterocycles. The molecule has 3 rings (SSSR count). The number of morpholine rings is 1. The van der Waals surface area contributed by atoms with E-state index < -0.39 is 0 Å². The highest BCUT2D eigenvalue weighted by Crippen LogP contribution is 2.24. The van der Waals surface area contributed by atoms with Crippen LogP contribution in [0.1, 0.15) is 17.3 Å². The average Bonchev–Trinajstić information content (AvgIpc) is 3.03. The molecule has 24 heavy (non-hydrogen) atoms. The summed E-state index contributed by atoms with van der Waals surface area (Å²) in [7, 11) is 3.45. The number of hydrazone groups is 1. The summed E-state index contributed by atoms with van der Waals surface area (Å²) in [6.07, 6.45) is 3.34. The van der Waals surface area contributed by atoms with E-state index in [2.05, 4.69) is 25.5 Å². The predicted molar refractivity (Wildman–Crippen MR) is 91.8 cm³/mol. The van der Waals surface area contributed by atoms with Gasteiger partial charge in [-0.15, -0.1) is 5.10 Å². The van der Waals surface area contributed by atoms with Gasteiger partial charge < -0.3 is 14.5 Å². The summed E-state index contributed by atoms with van der Waals surface area (Å²) in [6, 6.07) is 1.82. The molecular formula is C15H21N7O2. The van der Waals surface area contributed by atoms with E-state index in [0.717, 1.165) is 24.4 Å². The lowest BCUT2D eigenvalue weighted by Gasteiger charge is -2.28. The Hall–Kier alpha value is -2.68. The van der Waals surface area contributed by atoms with Gasteiger partial charge in [0.05, 0.1) is 18.8 Å². The number of carbonyl (C=O) groups excluding carboxylic acids is 1. The van der Waals surface area contributed by atoms with Gasteiger partial charge in [-0.1, -0.05) is 0 Å². The number of ether oxygens (including phenoxy) is 1. The first-order valence-electron chi connectivity index (χ1n) is 7.78. The number of carbonyl (C=O) groups is 1. The fourth-order valence-electron chi connectivity index (χ4n) is 2.54. The molecule has 2 aromatic rings. The van der Waals surface area contributed by atoms with Crippen LogP contribution in [0.3, 0.4) is 0 Å². The van der Waals surface area contributed by atoms with Crippen LogP contribution in [0.2, 0.25) is 0 Å². The molecule has 0 atom stereocenters. The van der Waals surface area contributed by atoms with Gasteiger partial charge in [-0.05, 0) is 13.0 Å². The lowest BCUT2D eigenvalue weighted by molar-refractivity contribution is 0.0827. The molecule has 1 amide bonds. The van der Waals surface area contributed by atoms with Gasteiger partial charge in [0.1, 0.15) is 5.52 Å². The molecular weight excluding hydrogens is 310 g/mol. The number of rotatable bonds is 4. The van der Waals surface area contributed by atoms with Crippen molar-refractivity contribution in [2.45, 2.75) is 6.92 Å². The highest BCUT2D eigenvalue weighted by Gasteiger charge is 2.20. The molecule has 0 unspecified atom stereocenters. The molecule has 2 aromatic heterocycles. The third-order valence-electron chi connectivity index (χ3n) is 3.70. The maximum atomic E-state index is 12.3. The number of hydrogen-bond acceptors (Lipinski definition) is 7. The average molecular weight is 331 g/mol. The molecule has 128 valence electrons. The van der Waals surface area contributed by atoms with Crippen LogP contribution in [-0.4, -0.2) is 72.0 Å². The standard InChI is InChI=1S/C15H21N7O2/c1-4-16-18-15-17-13(21-5-7-24-8-6-21)12-9-11(10-22(12)19-15)14(23)20(2)3/h4,9-10H,5-8H2,1-3H3,(H,18,19)/b16-4+. The molecule has 0 bridgehead atoms. The summed E-state index contributed by atoms with van der Waals surface area (Å²) in [6.45, 7) is 4.58. The van der Waals surface area contributed by atoms with Gasteiger partial charge >= 0.3 is 0 Å². The fourth-order valence-corrected chi connectivity index (χ4v) is 2.54. The summed E-state index contributed by atoms with van der Waals surface area (Å²) < 4.78 is 7.08. The van der Waals surface area contributed by atoms with E-state index in [1.54, 1.807) is 37.9 Å². The Kier molecular flexibility index (Phi) is 4.61. The number of hydrogen-bond donors (Lipinski definition) is 1. The van der Waals surface area contributed by atoms with E-state index in [1.807, 2.05) is 6.07 Å². The Balaban J connectivity index is 2.08. The summed E-state index contributed by atoms with van der Waals surface area (Å²) in [4.78, 5) is 20.5. The Bertz CT molecular complexity index is 763. The van der Waals surface area contributed by atoms with Gasteiger partial charge in [-0.25, -0.2) is 9.94 Å². The van der Waals surface area contributed by atoms with E-state index in [0.29, 0.717) is 24.7 Å². The molecule has 9 heteroatoms. The summed E-state index contributed by atoms with van der Waals surface area (Å²) in [5.41, 5.74) is 4.16. The largest absolute Gasteiger partial charge is 0.378 e. The third-order valence-corrected chi connectivity index (χ3v) is 3.70. The number of amides is 1. The summed E-state index contributed by atoms with van der Waals surface area (Å²) >= 11 is 0. The van der Waals surface area contributed by atoms with Crippen LogP contribution in [0, 0.1) is 0 Å². The van der Waals surface area contributed by atoms with Crippen molar-refractivity contribution >= 4 is 29.4 Å². The number of aromatic nitrogens is 3. The van der Waals surface area contributed by atoms with Crippen LogP contribution in [0.4, 0.5) is 11.8 Å². The van der Waals surface area contributed by atoms with Crippen molar-refractivity contribution in [3.05, 3.63) is 17.8 Å². The Labute approximate surface area is 139 Å². The number of nitrogens with zero attached hydrogens (tertiary/aromatic N) is 6. The zero-order valence-corrected chi connectivity index (χ0v) is 14.1. The molecule has 0 spiro atoms. The van der Waals surface area contributed by atoms with Gasteiger partial charge in [-0.3, -0.25) is 4.79 Å². The first-order valence-corrected chi connectivity index (χ1v) is 7.78. The van der Waals surface area contributed by atoms with Gasteiger partial charge in [0.15, 0.2) is 5.82 Å². The molecule has 0 aliphatic carbocycles. The van der Waals surface area contributed by atoms with E-state index in [1.165, 1.54) is 4.90 Å². The van der Waals surface area contributed by atoms with Crippen LogP contribution in [0.5, 0.6) is 0 Å². The normalized spacial score (nSPS) is 15.2. The lowest BCUT2D eigenvalue weighted by atomic mass is 10.3. The van der Waals surface area contributed by atoms with Crippen molar-refractivity contribution < 1.29 is 9.53 Å². The molecule has 1 saturated heterocycles. The van der Waals surface area contributed by atoms with E-state index >= 15 is 0 Å². The minimum Gasteiger partial charge on any atom is -0.378 e. The molecule has 3 heterocycles. The molecule has 0 saturated carbocycles.